The second kappa shape index (κ2) is 7.97. The Morgan fingerprint density at radius 2 is 1.76 bits per heavy atom. The number of hydrogen-bond donors (Lipinski definition) is 0. The van der Waals surface area contributed by atoms with Crippen molar-refractivity contribution in [1.29, 1.82) is 0 Å². The molecule has 2 aliphatic rings. The van der Waals surface area contributed by atoms with Gasteiger partial charge in [-0.25, -0.2) is 0 Å². The summed E-state index contributed by atoms with van der Waals surface area (Å²) in [5.74, 6) is -0.724. The van der Waals surface area contributed by atoms with Crippen molar-refractivity contribution in [2.45, 2.75) is 38.5 Å². The summed E-state index contributed by atoms with van der Waals surface area (Å²) in [6, 6.07) is 9.84. The van der Waals surface area contributed by atoms with Gasteiger partial charge in [0.05, 0.1) is 13.2 Å². The number of likely N-dealkylation sites (tertiary alicyclic amines) is 1. The Morgan fingerprint density at radius 3 is 2.36 bits per heavy atom. The van der Waals surface area contributed by atoms with Crippen molar-refractivity contribution in [1.82, 2.24) is 9.80 Å². The fraction of sp³-hybridized carbons (Fsp3) is 0.579. The lowest BCUT2D eigenvalue weighted by Gasteiger charge is -2.37. The van der Waals surface area contributed by atoms with E-state index in [1.54, 1.807) is 9.80 Å². The van der Waals surface area contributed by atoms with Crippen molar-refractivity contribution < 1.29 is 19.1 Å². The second-order valence-electron chi connectivity index (χ2n) is 6.56. The molecule has 25 heavy (non-hydrogen) atoms. The van der Waals surface area contributed by atoms with Crippen LogP contribution in [0.2, 0.25) is 0 Å². The van der Waals surface area contributed by atoms with Gasteiger partial charge in [-0.05, 0) is 12.5 Å². The third-order valence-electron chi connectivity index (χ3n) is 4.94. The standard InChI is InChI=1S/C19H26N2O4/c1-2-20(15-16-6-4-3-5-7-16)17(22)14-18(23)21-10-8-19(9-11-21)24-12-13-25-19/h3-7H,2,8-15H2,1H3. The van der Waals surface area contributed by atoms with Crippen LogP contribution in [0.15, 0.2) is 30.3 Å². The van der Waals surface area contributed by atoms with Gasteiger partial charge < -0.3 is 19.3 Å². The molecule has 2 aliphatic heterocycles. The number of ether oxygens (including phenoxy) is 2. The molecule has 0 aliphatic carbocycles. The van der Waals surface area contributed by atoms with Gasteiger partial charge in [0.1, 0.15) is 6.42 Å². The van der Waals surface area contributed by atoms with Crippen LogP contribution in [0.25, 0.3) is 0 Å². The summed E-state index contributed by atoms with van der Waals surface area (Å²) in [6.45, 7) is 5.47. The molecular formula is C19H26N2O4. The maximum Gasteiger partial charge on any atom is 0.232 e. The molecule has 3 rings (SSSR count). The van der Waals surface area contributed by atoms with E-state index in [1.807, 2.05) is 37.3 Å². The van der Waals surface area contributed by atoms with Crippen LogP contribution >= 0.6 is 0 Å². The number of hydrogen-bond acceptors (Lipinski definition) is 4. The van der Waals surface area contributed by atoms with Crippen LogP contribution in [0.4, 0.5) is 0 Å². The molecule has 2 saturated heterocycles. The first-order valence-corrected chi connectivity index (χ1v) is 8.99. The minimum Gasteiger partial charge on any atom is -0.347 e. The van der Waals surface area contributed by atoms with E-state index in [0.717, 1.165) is 5.56 Å². The van der Waals surface area contributed by atoms with Crippen molar-refractivity contribution in [3.8, 4) is 0 Å². The number of carbonyl (C=O) groups is 2. The summed E-state index contributed by atoms with van der Waals surface area (Å²) < 4.78 is 11.4. The van der Waals surface area contributed by atoms with E-state index in [2.05, 4.69) is 0 Å². The molecule has 0 bridgehead atoms. The highest BCUT2D eigenvalue weighted by Gasteiger charge is 2.40. The van der Waals surface area contributed by atoms with Gasteiger partial charge >= 0.3 is 0 Å². The van der Waals surface area contributed by atoms with Crippen molar-refractivity contribution in [2.24, 2.45) is 0 Å². The molecule has 0 aromatic heterocycles. The summed E-state index contributed by atoms with van der Waals surface area (Å²) in [5.41, 5.74) is 1.07. The van der Waals surface area contributed by atoms with Gasteiger partial charge in [0.25, 0.3) is 0 Å². The maximum absolute atomic E-state index is 12.5. The Balaban J connectivity index is 1.50. The number of nitrogens with zero attached hydrogens (tertiary/aromatic N) is 2. The van der Waals surface area contributed by atoms with Crippen LogP contribution in [-0.2, 0) is 25.6 Å². The average Bonchev–Trinajstić information content (AvgIpc) is 3.09. The zero-order chi connectivity index (χ0) is 17.7. The molecule has 2 fully saturated rings. The molecular weight excluding hydrogens is 320 g/mol. The minimum atomic E-state index is -0.496. The van der Waals surface area contributed by atoms with Gasteiger partial charge in [0.15, 0.2) is 5.79 Å². The highest BCUT2D eigenvalue weighted by molar-refractivity contribution is 5.96. The van der Waals surface area contributed by atoms with Crippen molar-refractivity contribution in [3.63, 3.8) is 0 Å². The van der Waals surface area contributed by atoms with E-state index in [1.165, 1.54) is 0 Å². The normalized spacial score (nSPS) is 19.2. The molecule has 6 nitrogen and oxygen atoms in total. The van der Waals surface area contributed by atoms with Gasteiger partial charge in [0.2, 0.25) is 11.8 Å². The third kappa shape index (κ3) is 4.38. The molecule has 0 N–H and O–H groups in total. The summed E-state index contributed by atoms with van der Waals surface area (Å²) in [7, 11) is 0. The van der Waals surface area contributed by atoms with Crippen molar-refractivity contribution in [2.75, 3.05) is 32.8 Å². The number of piperidine rings is 1. The molecule has 0 atom stereocenters. The van der Waals surface area contributed by atoms with Crippen LogP contribution in [0, 0.1) is 0 Å². The third-order valence-corrected chi connectivity index (χ3v) is 4.94. The number of carbonyl (C=O) groups excluding carboxylic acids is 2. The Hall–Kier alpha value is -1.92. The van der Waals surface area contributed by atoms with Crippen LogP contribution in [0.5, 0.6) is 0 Å². The summed E-state index contributed by atoms with van der Waals surface area (Å²) in [4.78, 5) is 28.5. The Kier molecular flexibility index (Phi) is 5.71. The zero-order valence-electron chi connectivity index (χ0n) is 14.8. The lowest BCUT2D eigenvalue weighted by Crippen LogP contribution is -2.48. The highest BCUT2D eigenvalue weighted by Crippen LogP contribution is 2.31. The van der Waals surface area contributed by atoms with Gasteiger partial charge in [-0.3, -0.25) is 9.59 Å². The van der Waals surface area contributed by atoms with E-state index in [4.69, 9.17) is 9.47 Å². The van der Waals surface area contributed by atoms with E-state index >= 15 is 0 Å². The van der Waals surface area contributed by atoms with Gasteiger partial charge in [0, 0.05) is 39.0 Å². The highest BCUT2D eigenvalue weighted by atomic mass is 16.7. The topological polar surface area (TPSA) is 59.1 Å². The molecule has 1 spiro atoms. The van der Waals surface area contributed by atoms with Gasteiger partial charge in [-0.1, -0.05) is 30.3 Å². The smallest absolute Gasteiger partial charge is 0.232 e. The maximum atomic E-state index is 12.5. The molecule has 1 aromatic carbocycles. The molecule has 2 amide bonds. The first kappa shape index (κ1) is 17.9. The molecule has 0 saturated carbocycles. The minimum absolute atomic E-state index is 0.0740. The summed E-state index contributed by atoms with van der Waals surface area (Å²) in [6.07, 6.45) is 1.28. The lowest BCUT2D eigenvalue weighted by atomic mass is 10.0. The van der Waals surface area contributed by atoms with E-state index < -0.39 is 5.79 Å². The van der Waals surface area contributed by atoms with Crippen LogP contribution in [0.1, 0.15) is 31.7 Å². The van der Waals surface area contributed by atoms with E-state index in [0.29, 0.717) is 52.2 Å². The number of amides is 2. The Labute approximate surface area is 148 Å². The molecule has 6 heteroatoms. The number of rotatable bonds is 5. The van der Waals surface area contributed by atoms with E-state index in [-0.39, 0.29) is 18.2 Å². The molecule has 136 valence electrons. The monoisotopic (exact) mass is 346 g/mol. The van der Waals surface area contributed by atoms with E-state index in [9.17, 15) is 9.59 Å². The molecule has 1 aromatic rings. The van der Waals surface area contributed by atoms with Crippen molar-refractivity contribution >= 4 is 11.8 Å². The SMILES string of the molecule is CCN(Cc1ccccc1)C(=O)CC(=O)N1CCC2(CC1)OCCO2. The van der Waals surface area contributed by atoms with Crippen LogP contribution in [-0.4, -0.2) is 60.2 Å². The largest absolute Gasteiger partial charge is 0.347 e. The average molecular weight is 346 g/mol. The van der Waals surface area contributed by atoms with Crippen LogP contribution < -0.4 is 0 Å². The fourth-order valence-electron chi connectivity index (χ4n) is 3.42. The predicted octanol–water partition coefficient (Wildman–Crippen LogP) is 1.79. The second-order valence-corrected chi connectivity index (χ2v) is 6.56. The molecule has 0 radical (unpaired) electrons. The lowest BCUT2D eigenvalue weighted by molar-refractivity contribution is -0.187. The molecule has 0 unspecified atom stereocenters. The summed E-state index contributed by atoms with van der Waals surface area (Å²) >= 11 is 0. The first-order chi connectivity index (χ1) is 12.1. The molecule has 2 heterocycles. The quantitative estimate of drug-likeness (QED) is 0.763. The van der Waals surface area contributed by atoms with Gasteiger partial charge in [-0.15, -0.1) is 0 Å². The Morgan fingerprint density at radius 1 is 1.12 bits per heavy atom. The summed E-state index contributed by atoms with van der Waals surface area (Å²) in [5, 5.41) is 0. The first-order valence-electron chi connectivity index (χ1n) is 8.99. The number of benzene rings is 1. The van der Waals surface area contributed by atoms with Crippen LogP contribution in [0.3, 0.4) is 0 Å². The zero-order valence-corrected chi connectivity index (χ0v) is 14.8. The predicted molar refractivity (Wildman–Crippen MR) is 92.6 cm³/mol. The Bertz CT molecular complexity index is 589. The van der Waals surface area contributed by atoms with Gasteiger partial charge in [-0.2, -0.15) is 0 Å². The van der Waals surface area contributed by atoms with Crippen molar-refractivity contribution in [3.05, 3.63) is 35.9 Å². The fourth-order valence-corrected chi connectivity index (χ4v) is 3.42.